The molecule has 0 saturated carbocycles. The summed E-state index contributed by atoms with van der Waals surface area (Å²) >= 11 is 0. The first-order valence-electron chi connectivity index (χ1n) is 7.45. The van der Waals surface area contributed by atoms with Crippen LogP contribution in [0.25, 0.3) is 23.2 Å². The van der Waals surface area contributed by atoms with Gasteiger partial charge < -0.3 is 5.11 Å². The molecule has 0 aliphatic carbocycles. The fraction of sp³-hybridized carbons (Fsp3) is 0.312. The van der Waals surface area contributed by atoms with Crippen LogP contribution in [0.3, 0.4) is 0 Å². The highest BCUT2D eigenvalue weighted by molar-refractivity contribution is 6.03. The van der Waals surface area contributed by atoms with E-state index in [9.17, 15) is 9.90 Å². The van der Waals surface area contributed by atoms with Crippen LogP contribution in [0, 0.1) is 6.92 Å². The number of H-pyrrole nitrogens is 1. The topological polar surface area (TPSA) is 110 Å². The minimum Gasteiger partial charge on any atom is -0.478 e. The minimum absolute atomic E-state index is 0.153. The Bertz CT molecular complexity index is 945. The summed E-state index contributed by atoms with van der Waals surface area (Å²) in [5.74, 6) is -1.01. The predicted molar refractivity (Wildman–Crippen MR) is 89.5 cm³/mol. The first kappa shape index (κ1) is 15.9. The quantitative estimate of drug-likeness (QED) is 0.765. The molecule has 2 N–H and O–H groups in total. The molecule has 0 aromatic carbocycles. The Labute approximate surface area is 138 Å². The Morgan fingerprint density at radius 1 is 1.29 bits per heavy atom. The van der Waals surface area contributed by atoms with E-state index in [0.717, 1.165) is 0 Å². The van der Waals surface area contributed by atoms with Gasteiger partial charge in [-0.3, -0.25) is 5.10 Å². The highest BCUT2D eigenvalue weighted by Gasteiger charge is 2.16. The number of aromatic nitrogens is 6. The van der Waals surface area contributed by atoms with Gasteiger partial charge in [0.25, 0.3) is 0 Å². The largest absolute Gasteiger partial charge is 0.478 e. The average molecular weight is 326 g/mol. The van der Waals surface area contributed by atoms with Crippen LogP contribution >= 0.6 is 0 Å². The first-order chi connectivity index (χ1) is 11.3. The molecule has 24 heavy (non-hydrogen) atoms. The summed E-state index contributed by atoms with van der Waals surface area (Å²) in [5, 5.41) is 24.9. The van der Waals surface area contributed by atoms with Crippen molar-refractivity contribution in [3.05, 3.63) is 34.9 Å². The van der Waals surface area contributed by atoms with E-state index in [4.69, 9.17) is 0 Å². The van der Waals surface area contributed by atoms with E-state index >= 15 is 0 Å². The van der Waals surface area contributed by atoms with E-state index in [1.54, 1.807) is 23.8 Å². The molecule has 0 radical (unpaired) electrons. The van der Waals surface area contributed by atoms with E-state index < -0.39 is 5.97 Å². The number of aromatic carboxylic acids is 1. The van der Waals surface area contributed by atoms with Gasteiger partial charge in [-0.15, -0.1) is 5.10 Å². The highest BCUT2D eigenvalue weighted by Crippen LogP contribution is 2.21. The Kier molecular flexibility index (Phi) is 3.67. The van der Waals surface area contributed by atoms with Crippen molar-refractivity contribution in [3.63, 3.8) is 0 Å². The van der Waals surface area contributed by atoms with Crippen molar-refractivity contribution in [2.45, 2.75) is 33.2 Å². The lowest BCUT2D eigenvalue weighted by atomic mass is 10.1. The highest BCUT2D eigenvalue weighted by atomic mass is 16.4. The summed E-state index contributed by atoms with van der Waals surface area (Å²) in [7, 11) is 0. The van der Waals surface area contributed by atoms with Crippen molar-refractivity contribution in [3.8, 4) is 0 Å². The molecule has 3 aromatic rings. The molecule has 0 aliphatic heterocycles. The van der Waals surface area contributed by atoms with Crippen LogP contribution in [0.2, 0.25) is 0 Å². The van der Waals surface area contributed by atoms with Crippen LogP contribution in [0.1, 0.15) is 48.2 Å². The third kappa shape index (κ3) is 2.90. The molecule has 3 aromatic heterocycles. The molecule has 124 valence electrons. The van der Waals surface area contributed by atoms with Gasteiger partial charge in [-0.1, -0.05) is 5.21 Å². The number of aromatic amines is 1. The molecule has 0 saturated heterocycles. The maximum absolute atomic E-state index is 11.5. The van der Waals surface area contributed by atoms with E-state index in [0.29, 0.717) is 28.1 Å². The summed E-state index contributed by atoms with van der Waals surface area (Å²) in [6.45, 7) is 7.86. The van der Waals surface area contributed by atoms with Gasteiger partial charge in [0.05, 0.1) is 28.4 Å². The molecule has 0 fully saturated rings. The van der Waals surface area contributed by atoms with Gasteiger partial charge in [0.2, 0.25) is 0 Å². The fourth-order valence-electron chi connectivity index (χ4n) is 2.30. The van der Waals surface area contributed by atoms with Crippen molar-refractivity contribution >= 4 is 29.2 Å². The molecule has 3 rings (SSSR count). The van der Waals surface area contributed by atoms with Crippen molar-refractivity contribution in [2.75, 3.05) is 0 Å². The summed E-state index contributed by atoms with van der Waals surface area (Å²) in [4.78, 5) is 15.8. The van der Waals surface area contributed by atoms with Gasteiger partial charge in [-0.25, -0.2) is 14.5 Å². The number of carboxylic acid groups (broad SMARTS) is 1. The maximum Gasteiger partial charge on any atom is 0.336 e. The molecule has 0 amide bonds. The smallest absolute Gasteiger partial charge is 0.336 e. The van der Waals surface area contributed by atoms with Gasteiger partial charge in [-0.05, 0) is 45.9 Å². The number of nitrogens with one attached hydrogen (secondary N) is 1. The van der Waals surface area contributed by atoms with Crippen LogP contribution in [-0.2, 0) is 5.54 Å². The number of hydrogen-bond donors (Lipinski definition) is 2. The van der Waals surface area contributed by atoms with E-state index in [1.165, 1.54) is 6.07 Å². The third-order valence-corrected chi connectivity index (χ3v) is 3.58. The lowest BCUT2D eigenvalue weighted by molar-refractivity contribution is 0.0699. The molecule has 0 spiro atoms. The molecule has 0 aliphatic rings. The van der Waals surface area contributed by atoms with E-state index in [2.05, 4.69) is 25.5 Å². The lowest BCUT2D eigenvalue weighted by Crippen LogP contribution is -2.22. The number of rotatable bonds is 3. The summed E-state index contributed by atoms with van der Waals surface area (Å²) in [6.07, 6.45) is 5.27. The Morgan fingerprint density at radius 2 is 2.00 bits per heavy atom. The molecule has 0 bridgehead atoms. The minimum atomic E-state index is -1.01. The van der Waals surface area contributed by atoms with Crippen LogP contribution in [0.4, 0.5) is 0 Å². The Balaban J connectivity index is 1.98. The van der Waals surface area contributed by atoms with E-state index in [1.807, 2.05) is 27.0 Å². The van der Waals surface area contributed by atoms with Crippen molar-refractivity contribution < 1.29 is 9.90 Å². The normalized spacial score (nSPS) is 12.3. The molecule has 8 nitrogen and oxygen atoms in total. The zero-order valence-corrected chi connectivity index (χ0v) is 13.9. The number of pyridine rings is 1. The Hall–Kier alpha value is -3.03. The van der Waals surface area contributed by atoms with Gasteiger partial charge in [0, 0.05) is 5.69 Å². The average Bonchev–Trinajstić information content (AvgIpc) is 3.11. The number of aryl methyl sites for hydroxylation is 1. The van der Waals surface area contributed by atoms with Crippen LogP contribution in [-0.4, -0.2) is 41.3 Å². The van der Waals surface area contributed by atoms with Crippen molar-refractivity contribution in [1.82, 2.24) is 30.2 Å². The summed E-state index contributed by atoms with van der Waals surface area (Å²) in [6, 6.07) is 1.53. The van der Waals surface area contributed by atoms with Crippen molar-refractivity contribution in [2.24, 2.45) is 0 Å². The van der Waals surface area contributed by atoms with Gasteiger partial charge in [-0.2, -0.15) is 5.10 Å². The van der Waals surface area contributed by atoms with Gasteiger partial charge in [0.1, 0.15) is 5.69 Å². The summed E-state index contributed by atoms with van der Waals surface area (Å²) < 4.78 is 1.77. The van der Waals surface area contributed by atoms with Crippen LogP contribution in [0.5, 0.6) is 0 Å². The number of nitrogens with zero attached hydrogens (tertiary/aromatic N) is 5. The molecule has 0 unspecified atom stereocenters. The van der Waals surface area contributed by atoms with Crippen LogP contribution in [0.15, 0.2) is 12.3 Å². The monoisotopic (exact) mass is 326 g/mol. The zero-order chi connectivity index (χ0) is 17.5. The predicted octanol–water partition coefficient (Wildman–Crippen LogP) is 2.48. The second-order valence-corrected chi connectivity index (χ2v) is 6.54. The molecule has 3 heterocycles. The maximum atomic E-state index is 11.5. The molecular formula is C16H18N6O2. The fourth-order valence-corrected chi connectivity index (χ4v) is 2.30. The zero-order valence-electron chi connectivity index (χ0n) is 13.9. The molecular weight excluding hydrogens is 308 g/mol. The Morgan fingerprint density at radius 3 is 2.62 bits per heavy atom. The molecule has 8 heteroatoms. The molecule has 0 atom stereocenters. The summed E-state index contributed by atoms with van der Waals surface area (Å²) in [5.41, 5.74) is 2.24. The van der Waals surface area contributed by atoms with Gasteiger partial charge in [0.15, 0.2) is 5.65 Å². The van der Waals surface area contributed by atoms with Gasteiger partial charge >= 0.3 is 5.97 Å². The van der Waals surface area contributed by atoms with Crippen molar-refractivity contribution in [1.29, 1.82) is 0 Å². The number of carboxylic acids is 1. The number of fused-ring (bicyclic) bond motifs is 1. The lowest BCUT2D eigenvalue weighted by Gasteiger charge is -2.17. The second kappa shape index (κ2) is 5.55. The van der Waals surface area contributed by atoms with Crippen LogP contribution < -0.4 is 0 Å². The number of carbonyl (C=O) groups is 1. The van der Waals surface area contributed by atoms with E-state index in [-0.39, 0.29) is 11.1 Å². The second-order valence-electron chi connectivity index (χ2n) is 6.54. The third-order valence-electron chi connectivity index (χ3n) is 3.58. The SMILES string of the molecule is Cc1[nH]nc2nc(C=Cc3cn(C(C)(C)C)nn3)cc(C(=O)O)c12. The first-order valence-corrected chi connectivity index (χ1v) is 7.45. The number of hydrogen-bond acceptors (Lipinski definition) is 5. The standard InChI is InChI=1S/C16H18N6O2/c1-9-13-12(15(23)24)7-10(17-14(13)20-18-9)5-6-11-8-22(21-19-11)16(2,3)4/h5-8H,1-4H3,(H,23,24)(H,17,18,20).